The number of hydrogen-bond acceptors (Lipinski definition) is 1. The van der Waals surface area contributed by atoms with Gasteiger partial charge < -0.3 is 5.73 Å². The summed E-state index contributed by atoms with van der Waals surface area (Å²) in [6, 6.07) is 14.6. The first-order chi connectivity index (χ1) is 9.18. The molecule has 0 amide bonds. The third kappa shape index (κ3) is 2.38. The molecule has 0 aliphatic heterocycles. The van der Waals surface area contributed by atoms with E-state index in [9.17, 15) is 4.39 Å². The summed E-state index contributed by atoms with van der Waals surface area (Å²) < 4.78 is 13.9. The number of nitrogens with two attached hydrogens (primary N) is 1. The Morgan fingerprint density at radius 2 is 1.84 bits per heavy atom. The van der Waals surface area contributed by atoms with Gasteiger partial charge >= 0.3 is 0 Å². The van der Waals surface area contributed by atoms with Gasteiger partial charge in [0.05, 0.1) is 0 Å². The van der Waals surface area contributed by atoms with Crippen LogP contribution in [0.5, 0.6) is 0 Å². The summed E-state index contributed by atoms with van der Waals surface area (Å²) in [7, 11) is 0. The topological polar surface area (TPSA) is 26.0 Å². The molecule has 2 aromatic carbocycles. The standard InChI is InChI=1S/C16H15ClFN/c17-13-7-4-8-14(18)15(13)16(19)12-9-11(12)10-5-2-1-3-6-10/h1-8,11-12,16H,9,19H2. The summed E-state index contributed by atoms with van der Waals surface area (Å²) in [6.07, 6.45) is 0.996. The van der Waals surface area contributed by atoms with Crippen LogP contribution in [-0.4, -0.2) is 0 Å². The molecule has 0 heterocycles. The zero-order valence-corrected chi connectivity index (χ0v) is 11.1. The van der Waals surface area contributed by atoms with Gasteiger partial charge in [-0.25, -0.2) is 4.39 Å². The second-order valence-corrected chi connectivity index (χ2v) is 5.49. The number of rotatable bonds is 3. The molecule has 0 bridgehead atoms. The maximum absolute atomic E-state index is 13.9. The number of hydrogen-bond donors (Lipinski definition) is 1. The minimum absolute atomic E-state index is 0.275. The molecule has 1 aliphatic rings. The van der Waals surface area contributed by atoms with Crippen LogP contribution in [-0.2, 0) is 0 Å². The summed E-state index contributed by atoms with van der Waals surface area (Å²) in [6.45, 7) is 0. The van der Waals surface area contributed by atoms with Crippen LogP contribution in [0, 0.1) is 11.7 Å². The van der Waals surface area contributed by atoms with E-state index in [0.717, 1.165) is 6.42 Å². The van der Waals surface area contributed by atoms with Crippen molar-refractivity contribution < 1.29 is 4.39 Å². The lowest BCUT2D eigenvalue weighted by molar-refractivity contribution is 0.547. The molecular weight excluding hydrogens is 261 g/mol. The van der Waals surface area contributed by atoms with E-state index in [1.165, 1.54) is 11.6 Å². The highest BCUT2D eigenvalue weighted by molar-refractivity contribution is 6.31. The Labute approximate surface area is 117 Å². The number of benzene rings is 2. The van der Waals surface area contributed by atoms with Crippen LogP contribution >= 0.6 is 11.6 Å². The smallest absolute Gasteiger partial charge is 0.129 e. The summed E-state index contributed by atoms with van der Waals surface area (Å²) in [4.78, 5) is 0. The predicted octanol–water partition coefficient (Wildman–Crippen LogP) is 4.28. The molecule has 3 unspecified atom stereocenters. The minimum atomic E-state index is -0.334. The molecule has 2 N–H and O–H groups in total. The van der Waals surface area contributed by atoms with Gasteiger partial charge in [0.2, 0.25) is 0 Å². The van der Waals surface area contributed by atoms with E-state index < -0.39 is 0 Å². The van der Waals surface area contributed by atoms with Crippen LogP contribution in [0.15, 0.2) is 48.5 Å². The van der Waals surface area contributed by atoms with E-state index >= 15 is 0 Å². The SMILES string of the molecule is NC(c1c(F)cccc1Cl)C1CC1c1ccccc1. The first kappa shape index (κ1) is 12.6. The van der Waals surface area contributed by atoms with Crippen molar-refractivity contribution in [3.05, 3.63) is 70.5 Å². The molecule has 3 heteroatoms. The Morgan fingerprint density at radius 1 is 1.11 bits per heavy atom. The molecule has 3 atom stereocenters. The second-order valence-electron chi connectivity index (χ2n) is 5.08. The summed E-state index contributed by atoms with van der Waals surface area (Å²) in [5.41, 5.74) is 7.93. The fourth-order valence-corrected chi connectivity index (χ4v) is 3.03. The molecule has 1 aliphatic carbocycles. The maximum Gasteiger partial charge on any atom is 0.129 e. The molecule has 0 aromatic heterocycles. The second kappa shape index (κ2) is 4.95. The van der Waals surface area contributed by atoms with Gasteiger partial charge in [0.1, 0.15) is 5.82 Å². The summed E-state index contributed by atoms with van der Waals surface area (Å²) in [5, 5.41) is 0.422. The first-order valence-electron chi connectivity index (χ1n) is 6.43. The van der Waals surface area contributed by atoms with Crippen molar-refractivity contribution >= 4 is 11.6 Å². The Balaban J connectivity index is 1.82. The lowest BCUT2D eigenvalue weighted by atomic mass is 9.99. The van der Waals surface area contributed by atoms with Crippen LogP contribution in [0.2, 0.25) is 5.02 Å². The van der Waals surface area contributed by atoms with E-state index in [-0.39, 0.29) is 17.8 Å². The third-order valence-corrected chi connectivity index (χ3v) is 4.19. The van der Waals surface area contributed by atoms with Crippen LogP contribution in [0.3, 0.4) is 0 Å². The quantitative estimate of drug-likeness (QED) is 0.889. The zero-order valence-electron chi connectivity index (χ0n) is 10.4. The highest BCUT2D eigenvalue weighted by Gasteiger charge is 2.44. The average molecular weight is 276 g/mol. The van der Waals surface area contributed by atoms with Gasteiger partial charge in [0.25, 0.3) is 0 Å². The molecule has 0 radical (unpaired) electrons. The van der Waals surface area contributed by atoms with E-state index in [1.54, 1.807) is 12.1 Å². The molecule has 1 saturated carbocycles. The van der Waals surface area contributed by atoms with Gasteiger partial charge in [-0.1, -0.05) is 48.0 Å². The van der Waals surface area contributed by atoms with Crippen LogP contribution in [0.25, 0.3) is 0 Å². The minimum Gasteiger partial charge on any atom is -0.324 e. The molecule has 19 heavy (non-hydrogen) atoms. The van der Waals surface area contributed by atoms with E-state index in [4.69, 9.17) is 17.3 Å². The highest BCUT2D eigenvalue weighted by atomic mass is 35.5. The lowest BCUT2D eigenvalue weighted by Crippen LogP contribution is -2.15. The lowest BCUT2D eigenvalue weighted by Gasteiger charge is -2.14. The third-order valence-electron chi connectivity index (χ3n) is 3.86. The maximum atomic E-state index is 13.9. The van der Waals surface area contributed by atoms with Crippen LogP contribution in [0.1, 0.15) is 29.5 Å². The molecule has 3 rings (SSSR count). The van der Waals surface area contributed by atoms with Gasteiger partial charge in [-0.05, 0) is 36.0 Å². The van der Waals surface area contributed by atoms with Gasteiger partial charge in [-0.15, -0.1) is 0 Å². The van der Waals surface area contributed by atoms with Gasteiger partial charge in [0, 0.05) is 16.6 Å². The largest absolute Gasteiger partial charge is 0.324 e. The fourth-order valence-electron chi connectivity index (χ4n) is 2.74. The van der Waals surface area contributed by atoms with Crippen molar-refractivity contribution in [3.63, 3.8) is 0 Å². The van der Waals surface area contributed by atoms with Crippen LogP contribution in [0.4, 0.5) is 4.39 Å². The molecule has 0 saturated heterocycles. The normalized spacial score (nSPS) is 23.1. The van der Waals surface area contributed by atoms with Crippen molar-refractivity contribution in [3.8, 4) is 0 Å². The molecule has 1 fully saturated rings. The monoisotopic (exact) mass is 275 g/mol. The van der Waals surface area contributed by atoms with Crippen molar-refractivity contribution in [2.24, 2.45) is 11.7 Å². The van der Waals surface area contributed by atoms with Crippen molar-refractivity contribution in [1.29, 1.82) is 0 Å². The average Bonchev–Trinajstić information content (AvgIpc) is 3.19. The van der Waals surface area contributed by atoms with Gasteiger partial charge in [-0.3, -0.25) is 0 Å². The zero-order chi connectivity index (χ0) is 13.4. The van der Waals surface area contributed by atoms with Crippen molar-refractivity contribution in [2.75, 3.05) is 0 Å². The Bertz CT molecular complexity index is 564. The highest BCUT2D eigenvalue weighted by Crippen LogP contribution is 2.54. The molecule has 1 nitrogen and oxygen atoms in total. The molecular formula is C16H15ClFN. The summed E-state index contributed by atoms with van der Waals surface area (Å²) >= 11 is 6.07. The Morgan fingerprint density at radius 3 is 2.53 bits per heavy atom. The number of halogens is 2. The van der Waals surface area contributed by atoms with Crippen molar-refractivity contribution in [2.45, 2.75) is 18.4 Å². The predicted molar refractivity (Wildman–Crippen MR) is 75.6 cm³/mol. The Kier molecular flexibility index (Phi) is 3.29. The van der Waals surface area contributed by atoms with Crippen LogP contribution < -0.4 is 5.73 Å². The molecule has 98 valence electrons. The fraction of sp³-hybridized carbons (Fsp3) is 0.250. The first-order valence-corrected chi connectivity index (χ1v) is 6.80. The van der Waals surface area contributed by atoms with E-state index in [2.05, 4.69) is 12.1 Å². The van der Waals surface area contributed by atoms with E-state index in [0.29, 0.717) is 16.5 Å². The van der Waals surface area contributed by atoms with E-state index in [1.807, 2.05) is 18.2 Å². The summed E-state index contributed by atoms with van der Waals surface area (Å²) in [5.74, 6) is 0.391. The molecule has 0 spiro atoms. The van der Waals surface area contributed by atoms with Crippen molar-refractivity contribution in [1.82, 2.24) is 0 Å². The Hall–Kier alpha value is -1.38. The van der Waals surface area contributed by atoms with Gasteiger partial charge in [0.15, 0.2) is 0 Å². The van der Waals surface area contributed by atoms with Gasteiger partial charge in [-0.2, -0.15) is 0 Å². The molecule has 2 aromatic rings.